The van der Waals surface area contributed by atoms with E-state index in [2.05, 4.69) is 15.1 Å². The number of aromatic nitrogens is 4. The highest BCUT2D eigenvalue weighted by atomic mass is 32.2. The van der Waals surface area contributed by atoms with Gasteiger partial charge in [0.05, 0.1) is 17.5 Å². The van der Waals surface area contributed by atoms with Gasteiger partial charge in [0.25, 0.3) is 0 Å². The SMILES string of the molecule is CCCN(C(=O)n1nnn(-c2c(F)cccc2F)c1=O)c1ccc(NS(C)(=O)=O)c(C(=O)O)c1. The molecule has 0 fully saturated rings. The summed E-state index contributed by atoms with van der Waals surface area (Å²) in [5.41, 5.74) is -2.77. The first-order valence-electron chi connectivity index (χ1n) is 9.61. The van der Waals surface area contributed by atoms with Crippen LogP contribution in [-0.2, 0) is 10.0 Å². The lowest BCUT2D eigenvalue weighted by atomic mass is 10.1. The molecule has 0 saturated carbocycles. The van der Waals surface area contributed by atoms with E-state index in [-0.39, 0.29) is 27.3 Å². The van der Waals surface area contributed by atoms with Gasteiger partial charge in [-0.1, -0.05) is 13.0 Å². The van der Waals surface area contributed by atoms with Crippen LogP contribution in [0.5, 0.6) is 0 Å². The molecule has 15 heteroatoms. The number of nitrogens with one attached hydrogen (secondary N) is 1. The van der Waals surface area contributed by atoms with Crippen LogP contribution >= 0.6 is 0 Å². The molecule has 1 amide bonds. The van der Waals surface area contributed by atoms with E-state index in [1.54, 1.807) is 6.92 Å². The second kappa shape index (κ2) is 9.38. The average molecular weight is 496 g/mol. The van der Waals surface area contributed by atoms with Gasteiger partial charge < -0.3 is 5.11 Å². The van der Waals surface area contributed by atoms with E-state index >= 15 is 0 Å². The lowest BCUT2D eigenvalue weighted by molar-refractivity contribution is 0.0698. The quantitative estimate of drug-likeness (QED) is 0.468. The fraction of sp³-hybridized carbons (Fsp3) is 0.211. The highest BCUT2D eigenvalue weighted by Crippen LogP contribution is 2.25. The maximum Gasteiger partial charge on any atom is 0.377 e. The summed E-state index contributed by atoms with van der Waals surface area (Å²) in [4.78, 5) is 38.4. The second-order valence-corrected chi connectivity index (χ2v) is 8.75. The lowest BCUT2D eigenvalue weighted by Crippen LogP contribution is -2.41. The fourth-order valence-corrected chi connectivity index (χ4v) is 3.61. The van der Waals surface area contributed by atoms with E-state index in [9.17, 15) is 36.7 Å². The van der Waals surface area contributed by atoms with Crippen molar-refractivity contribution in [2.75, 3.05) is 22.4 Å². The molecule has 12 nitrogen and oxygen atoms in total. The third-order valence-electron chi connectivity index (χ3n) is 4.43. The minimum absolute atomic E-state index is 0.00169. The third kappa shape index (κ3) is 4.93. The number of halogens is 2. The summed E-state index contributed by atoms with van der Waals surface area (Å²) < 4.78 is 53.8. The first kappa shape index (κ1) is 24.5. The number of sulfonamides is 1. The first-order valence-corrected chi connectivity index (χ1v) is 11.5. The number of benzene rings is 2. The predicted molar refractivity (Wildman–Crippen MR) is 116 cm³/mol. The Hall–Kier alpha value is -4.14. The van der Waals surface area contributed by atoms with Crippen molar-refractivity contribution in [3.05, 3.63) is 64.1 Å². The Morgan fingerprint density at radius 3 is 2.35 bits per heavy atom. The van der Waals surface area contributed by atoms with Crippen LogP contribution in [0, 0.1) is 11.6 Å². The van der Waals surface area contributed by atoms with Gasteiger partial charge in [0.2, 0.25) is 10.0 Å². The number of carboxylic acid groups (broad SMARTS) is 1. The number of carboxylic acids is 1. The van der Waals surface area contributed by atoms with Crippen molar-refractivity contribution in [2.45, 2.75) is 13.3 Å². The minimum Gasteiger partial charge on any atom is -0.478 e. The van der Waals surface area contributed by atoms with Gasteiger partial charge in [-0.2, -0.15) is 4.68 Å². The predicted octanol–water partition coefficient (Wildman–Crippen LogP) is 1.66. The minimum atomic E-state index is -3.79. The van der Waals surface area contributed by atoms with E-state index < -0.39 is 50.6 Å². The molecule has 0 aliphatic heterocycles. The van der Waals surface area contributed by atoms with Gasteiger partial charge in [-0.25, -0.2) is 31.6 Å². The number of para-hydroxylation sites is 1. The zero-order valence-electron chi connectivity index (χ0n) is 17.8. The Balaban J connectivity index is 2.07. The molecule has 0 radical (unpaired) electrons. The van der Waals surface area contributed by atoms with Crippen molar-refractivity contribution >= 4 is 33.4 Å². The van der Waals surface area contributed by atoms with Crippen molar-refractivity contribution in [3.63, 3.8) is 0 Å². The zero-order valence-corrected chi connectivity index (χ0v) is 18.6. The van der Waals surface area contributed by atoms with Gasteiger partial charge in [-0.15, -0.1) is 4.68 Å². The molecule has 2 aromatic carbocycles. The van der Waals surface area contributed by atoms with Gasteiger partial charge in [-0.3, -0.25) is 9.62 Å². The molecule has 1 heterocycles. The number of rotatable bonds is 7. The topological polar surface area (TPSA) is 156 Å². The maximum atomic E-state index is 14.1. The van der Waals surface area contributed by atoms with Crippen LogP contribution in [0.3, 0.4) is 0 Å². The molecule has 0 aliphatic rings. The van der Waals surface area contributed by atoms with Crippen LogP contribution in [0.25, 0.3) is 5.69 Å². The van der Waals surface area contributed by atoms with E-state index in [1.165, 1.54) is 6.07 Å². The Kier molecular flexibility index (Phi) is 6.76. The van der Waals surface area contributed by atoms with Crippen molar-refractivity contribution in [1.29, 1.82) is 0 Å². The molecule has 2 N–H and O–H groups in total. The van der Waals surface area contributed by atoms with Gasteiger partial charge in [-0.05, 0) is 47.2 Å². The van der Waals surface area contributed by atoms with Crippen molar-refractivity contribution in [3.8, 4) is 5.69 Å². The van der Waals surface area contributed by atoms with Gasteiger partial charge in [0, 0.05) is 12.2 Å². The Morgan fingerprint density at radius 2 is 1.79 bits per heavy atom. The molecule has 0 unspecified atom stereocenters. The molecule has 34 heavy (non-hydrogen) atoms. The molecule has 0 spiro atoms. The van der Waals surface area contributed by atoms with Crippen LogP contribution in [0.4, 0.5) is 25.0 Å². The van der Waals surface area contributed by atoms with E-state index in [0.717, 1.165) is 41.5 Å². The molecular weight excluding hydrogens is 478 g/mol. The monoisotopic (exact) mass is 496 g/mol. The molecule has 3 aromatic rings. The van der Waals surface area contributed by atoms with E-state index in [0.29, 0.717) is 6.42 Å². The number of hydrogen-bond donors (Lipinski definition) is 2. The van der Waals surface area contributed by atoms with Crippen LogP contribution in [0.2, 0.25) is 0 Å². The molecule has 0 bridgehead atoms. The van der Waals surface area contributed by atoms with Crippen LogP contribution < -0.4 is 15.3 Å². The van der Waals surface area contributed by atoms with E-state index in [1.807, 2.05) is 0 Å². The fourth-order valence-electron chi connectivity index (χ4n) is 3.04. The molecule has 0 saturated heterocycles. The molecule has 0 atom stereocenters. The second-order valence-electron chi connectivity index (χ2n) is 7.00. The van der Waals surface area contributed by atoms with Crippen LogP contribution in [-0.4, -0.2) is 58.1 Å². The van der Waals surface area contributed by atoms with Crippen LogP contribution in [0.1, 0.15) is 23.7 Å². The van der Waals surface area contributed by atoms with Gasteiger partial charge >= 0.3 is 17.7 Å². The van der Waals surface area contributed by atoms with Crippen LogP contribution in [0.15, 0.2) is 41.2 Å². The number of aromatic carboxylic acids is 1. The Labute approximate surface area is 191 Å². The van der Waals surface area contributed by atoms with Crippen molar-refractivity contribution < 1.29 is 31.9 Å². The van der Waals surface area contributed by atoms with Crippen molar-refractivity contribution in [2.24, 2.45) is 0 Å². The number of amides is 1. The summed E-state index contributed by atoms with van der Waals surface area (Å²) in [6.07, 6.45) is 1.20. The number of hydrogen-bond acceptors (Lipinski definition) is 7. The number of anilines is 2. The Bertz CT molecular complexity index is 1420. The maximum absolute atomic E-state index is 14.1. The van der Waals surface area contributed by atoms with Gasteiger partial charge in [0.1, 0.15) is 5.69 Å². The average Bonchev–Trinajstić information content (AvgIpc) is 3.11. The highest BCUT2D eigenvalue weighted by Gasteiger charge is 2.26. The number of carbonyl (C=O) groups is 2. The summed E-state index contributed by atoms with van der Waals surface area (Å²) in [6.45, 7) is 1.69. The summed E-state index contributed by atoms with van der Waals surface area (Å²) >= 11 is 0. The number of carbonyl (C=O) groups excluding carboxylic acids is 1. The lowest BCUT2D eigenvalue weighted by Gasteiger charge is -2.22. The summed E-state index contributed by atoms with van der Waals surface area (Å²) in [5, 5.41) is 16.3. The Morgan fingerprint density at radius 1 is 1.15 bits per heavy atom. The third-order valence-corrected chi connectivity index (χ3v) is 5.02. The van der Waals surface area contributed by atoms with Gasteiger partial charge in [0.15, 0.2) is 11.6 Å². The number of tetrazole rings is 1. The normalized spacial score (nSPS) is 11.3. The first-order chi connectivity index (χ1) is 15.9. The largest absolute Gasteiger partial charge is 0.478 e. The smallest absolute Gasteiger partial charge is 0.377 e. The number of nitrogens with zero attached hydrogens (tertiary/aromatic N) is 5. The summed E-state index contributed by atoms with van der Waals surface area (Å²) in [6, 6.07) is 5.25. The molecule has 180 valence electrons. The summed E-state index contributed by atoms with van der Waals surface area (Å²) in [5.74, 6) is -3.69. The molecule has 1 aromatic heterocycles. The van der Waals surface area contributed by atoms with E-state index in [4.69, 9.17) is 0 Å². The van der Waals surface area contributed by atoms with Crippen molar-refractivity contribution in [1.82, 2.24) is 19.8 Å². The molecular formula is C19H18F2N6O6S. The molecule has 0 aliphatic carbocycles. The zero-order chi connectivity index (χ0) is 25.2. The molecule has 3 rings (SSSR count). The highest BCUT2D eigenvalue weighted by molar-refractivity contribution is 7.92. The summed E-state index contributed by atoms with van der Waals surface area (Å²) in [7, 11) is -3.79. The standard InChI is InChI=1S/C19H18F2N6O6S/c1-3-9-25(11-7-8-15(22-34(2,32)33)12(10-11)17(28)29)18(30)27-19(31)26(23-24-27)16-13(20)5-4-6-14(16)21/h4-8,10,22H,3,9H2,1-2H3,(H,28,29).